The van der Waals surface area contributed by atoms with Crippen LogP contribution in [0.1, 0.15) is 54.9 Å². The van der Waals surface area contributed by atoms with Crippen LogP contribution in [0, 0.1) is 19.7 Å². The van der Waals surface area contributed by atoms with Crippen molar-refractivity contribution in [3.8, 4) is 0 Å². The number of halogens is 1. The number of aromatic nitrogens is 2. The van der Waals surface area contributed by atoms with E-state index in [0.717, 1.165) is 23.4 Å². The third-order valence-corrected chi connectivity index (χ3v) is 5.63. The van der Waals surface area contributed by atoms with Crippen molar-refractivity contribution in [1.82, 2.24) is 9.97 Å². The lowest BCUT2D eigenvalue weighted by molar-refractivity contribution is 0.101. The molecular weight excluding hydrogens is 391 g/mol. The van der Waals surface area contributed by atoms with Gasteiger partial charge in [-0.15, -0.1) is 11.3 Å². The number of nitrogens with one attached hydrogen (secondary N) is 2. The van der Waals surface area contributed by atoms with Crippen LogP contribution in [0.25, 0.3) is 0 Å². The summed E-state index contributed by atoms with van der Waals surface area (Å²) in [4.78, 5) is 33.7. The average Bonchev–Trinajstić information content (AvgIpc) is 3.44. The number of benzene rings is 1. The van der Waals surface area contributed by atoms with Crippen molar-refractivity contribution in [2.75, 3.05) is 10.6 Å². The van der Waals surface area contributed by atoms with Crippen LogP contribution in [0.4, 0.5) is 15.8 Å². The zero-order chi connectivity index (χ0) is 20.5. The largest absolute Gasteiger partial charge is 0.321 e. The maximum atomic E-state index is 14.5. The lowest BCUT2D eigenvalue weighted by atomic mass is 10.1. The van der Waals surface area contributed by atoms with Crippen molar-refractivity contribution in [2.45, 2.75) is 32.6 Å². The maximum Gasteiger partial charge on any atom is 0.267 e. The van der Waals surface area contributed by atoms with Gasteiger partial charge in [0.1, 0.15) is 10.7 Å². The molecular formula is C21H19FN4O2S. The van der Waals surface area contributed by atoms with Crippen LogP contribution in [-0.4, -0.2) is 21.8 Å². The Balaban J connectivity index is 1.55. The standard InChI is InChI=1S/C21H19FN4O2S/c1-11-5-17(22)16(7-18(11)26-21(28)19-10-24-12(2)29-19)20(27)25-15-6-14(8-23-9-15)13-3-4-13/h5-10,13H,3-4H2,1-2H3,(H,25,27)(H,26,28). The van der Waals surface area contributed by atoms with Gasteiger partial charge >= 0.3 is 0 Å². The summed E-state index contributed by atoms with van der Waals surface area (Å²) in [5, 5.41) is 6.20. The summed E-state index contributed by atoms with van der Waals surface area (Å²) in [6, 6.07) is 4.45. The van der Waals surface area contributed by atoms with Gasteiger partial charge in [0.2, 0.25) is 0 Å². The van der Waals surface area contributed by atoms with E-state index in [2.05, 4.69) is 20.6 Å². The fourth-order valence-corrected chi connectivity index (χ4v) is 3.67. The molecule has 1 aromatic carbocycles. The Hall–Kier alpha value is -3.13. The molecule has 4 rings (SSSR count). The Bertz CT molecular complexity index is 1110. The molecule has 0 aliphatic heterocycles. The number of thiazole rings is 1. The highest BCUT2D eigenvalue weighted by Crippen LogP contribution is 2.40. The molecule has 2 N–H and O–H groups in total. The first-order valence-corrected chi connectivity index (χ1v) is 10.0. The molecule has 3 aromatic rings. The molecule has 0 unspecified atom stereocenters. The van der Waals surface area contributed by atoms with Crippen LogP contribution < -0.4 is 10.6 Å². The molecule has 0 radical (unpaired) electrons. The topological polar surface area (TPSA) is 84.0 Å². The smallest absolute Gasteiger partial charge is 0.267 e. The molecule has 29 heavy (non-hydrogen) atoms. The van der Waals surface area contributed by atoms with Crippen molar-refractivity contribution in [2.24, 2.45) is 0 Å². The number of hydrogen-bond acceptors (Lipinski definition) is 5. The van der Waals surface area contributed by atoms with Gasteiger partial charge in [0.05, 0.1) is 28.7 Å². The zero-order valence-electron chi connectivity index (χ0n) is 16.0. The Morgan fingerprint density at radius 2 is 1.86 bits per heavy atom. The van der Waals surface area contributed by atoms with E-state index >= 15 is 0 Å². The molecule has 0 atom stereocenters. The van der Waals surface area contributed by atoms with Crippen molar-refractivity contribution in [3.05, 3.63) is 69.2 Å². The fraction of sp³-hybridized carbons (Fsp3) is 0.238. The summed E-state index contributed by atoms with van der Waals surface area (Å²) in [5.74, 6) is -1.11. The number of carbonyl (C=O) groups is 2. The van der Waals surface area contributed by atoms with Crippen LogP contribution in [0.2, 0.25) is 0 Å². The van der Waals surface area contributed by atoms with Gasteiger partial charge in [0, 0.05) is 11.9 Å². The second kappa shape index (κ2) is 7.71. The highest BCUT2D eigenvalue weighted by Gasteiger charge is 2.24. The minimum Gasteiger partial charge on any atom is -0.321 e. The fourth-order valence-electron chi connectivity index (χ4n) is 3.00. The number of carbonyl (C=O) groups excluding carboxylic acids is 2. The molecule has 1 saturated carbocycles. The molecule has 0 bridgehead atoms. The molecule has 148 valence electrons. The quantitative estimate of drug-likeness (QED) is 0.640. The van der Waals surface area contributed by atoms with Gasteiger partial charge in [-0.05, 0) is 61.9 Å². The number of amides is 2. The summed E-state index contributed by atoms with van der Waals surface area (Å²) in [6.45, 7) is 3.47. The first kappa shape index (κ1) is 19.2. The van der Waals surface area contributed by atoms with Crippen LogP contribution in [0.15, 0.2) is 36.8 Å². The molecule has 2 amide bonds. The Morgan fingerprint density at radius 1 is 1.07 bits per heavy atom. The van der Waals surface area contributed by atoms with Gasteiger partial charge < -0.3 is 10.6 Å². The van der Waals surface area contributed by atoms with E-state index < -0.39 is 11.7 Å². The summed E-state index contributed by atoms with van der Waals surface area (Å²) >= 11 is 1.26. The predicted molar refractivity (Wildman–Crippen MR) is 110 cm³/mol. The second-order valence-corrected chi connectivity index (χ2v) is 8.31. The van der Waals surface area contributed by atoms with Crippen molar-refractivity contribution in [1.29, 1.82) is 0 Å². The minimum atomic E-state index is -0.655. The van der Waals surface area contributed by atoms with Gasteiger partial charge in [0.15, 0.2) is 0 Å². The number of aryl methyl sites for hydroxylation is 2. The number of pyridine rings is 1. The van der Waals surface area contributed by atoms with Crippen LogP contribution >= 0.6 is 11.3 Å². The molecule has 6 nitrogen and oxygen atoms in total. The van der Waals surface area contributed by atoms with Crippen LogP contribution in [-0.2, 0) is 0 Å². The molecule has 1 aliphatic rings. The summed E-state index contributed by atoms with van der Waals surface area (Å²) in [6.07, 6.45) is 7.04. The molecule has 8 heteroatoms. The van der Waals surface area contributed by atoms with Crippen LogP contribution in [0.3, 0.4) is 0 Å². The third kappa shape index (κ3) is 4.32. The number of nitrogens with zero attached hydrogens (tertiary/aromatic N) is 2. The Kier molecular flexibility index (Phi) is 5.10. The number of anilines is 2. The number of hydrogen-bond donors (Lipinski definition) is 2. The monoisotopic (exact) mass is 410 g/mol. The zero-order valence-corrected chi connectivity index (χ0v) is 16.8. The lowest BCUT2D eigenvalue weighted by Crippen LogP contribution is -2.17. The summed E-state index contributed by atoms with van der Waals surface area (Å²) in [7, 11) is 0. The molecule has 1 fully saturated rings. The first-order chi connectivity index (χ1) is 13.9. The maximum absolute atomic E-state index is 14.5. The molecule has 2 aromatic heterocycles. The minimum absolute atomic E-state index is 0.150. The van der Waals surface area contributed by atoms with Gasteiger partial charge in [-0.1, -0.05) is 0 Å². The molecule has 1 aliphatic carbocycles. The van der Waals surface area contributed by atoms with E-state index in [1.54, 1.807) is 20.0 Å². The van der Waals surface area contributed by atoms with Gasteiger partial charge in [-0.2, -0.15) is 0 Å². The van der Waals surface area contributed by atoms with Gasteiger partial charge in [-0.25, -0.2) is 9.37 Å². The molecule has 0 spiro atoms. The van der Waals surface area contributed by atoms with Crippen molar-refractivity contribution >= 4 is 34.5 Å². The van der Waals surface area contributed by atoms with E-state index in [-0.39, 0.29) is 11.5 Å². The molecule has 0 saturated heterocycles. The third-order valence-electron chi connectivity index (χ3n) is 4.72. The summed E-state index contributed by atoms with van der Waals surface area (Å²) in [5.41, 5.74) is 2.33. The number of rotatable bonds is 5. The first-order valence-electron chi connectivity index (χ1n) is 9.21. The van der Waals surface area contributed by atoms with E-state index in [1.165, 1.54) is 35.9 Å². The SMILES string of the molecule is Cc1ncc(C(=O)Nc2cc(C(=O)Nc3cncc(C4CC4)c3)c(F)cc2C)s1. The highest BCUT2D eigenvalue weighted by molar-refractivity contribution is 7.13. The second-order valence-electron chi connectivity index (χ2n) is 7.08. The Morgan fingerprint density at radius 3 is 2.55 bits per heavy atom. The Labute approximate surface area is 171 Å². The van der Waals surface area contributed by atoms with Crippen molar-refractivity contribution < 1.29 is 14.0 Å². The average molecular weight is 410 g/mol. The normalized spacial score (nSPS) is 13.2. The molecule has 2 heterocycles. The van der Waals surface area contributed by atoms with Gasteiger partial charge in [0.25, 0.3) is 11.8 Å². The highest BCUT2D eigenvalue weighted by atomic mass is 32.1. The van der Waals surface area contributed by atoms with Crippen LogP contribution in [0.5, 0.6) is 0 Å². The van der Waals surface area contributed by atoms with Gasteiger partial charge in [-0.3, -0.25) is 14.6 Å². The van der Waals surface area contributed by atoms with Crippen molar-refractivity contribution in [3.63, 3.8) is 0 Å². The van der Waals surface area contributed by atoms with E-state index in [0.29, 0.717) is 27.7 Å². The van der Waals surface area contributed by atoms with E-state index in [9.17, 15) is 14.0 Å². The predicted octanol–water partition coefficient (Wildman–Crippen LogP) is 4.68. The van der Waals surface area contributed by atoms with E-state index in [4.69, 9.17) is 0 Å². The summed E-state index contributed by atoms with van der Waals surface area (Å²) < 4.78 is 14.5. The van der Waals surface area contributed by atoms with E-state index in [1.807, 2.05) is 6.07 Å². The lowest BCUT2D eigenvalue weighted by Gasteiger charge is -2.12.